The second-order valence-corrected chi connectivity index (χ2v) is 6.97. The van der Waals surface area contributed by atoms with Crippen molar-refractivity contribution < 1.29 is 0 Å². The van der Waals surface area contributed by atoms with Crippen molar-refractivity contribution in [1.82, 2.24) is 9.97 Å². The summed E-state index contributed by atoms with van der Waals surface area (Å²) in [7, 11) is 0. The highest BCUT2D eigenvalue weighted by atomic mass is 35.5. The minimum absolute atomic E-state index is 0.415. The number of benzene rings is 1. The Labute approximate surface area is 152 Å². The van der Waals surface area contributed by atoms with Crippen LogP contribution in [-0.2, 0) is 0 Å². The molecule has 0 spiro atoms. The molecule has 1 saturated carbocycles. The van der Waals surface area contributed by atoms with Crippen LogP contribution in [0, 0.1) is 0 Å². The monoisotopic (exact) mass is 365 g/mol. The lowest BCUT2D eigenvalue weighted by molar-refractivity contribution is 0.618. The maximum atomic E-state index is 6.25. The molecule has 24 heavy (non-hydrogen) atoms. The molecule has 3 rings (SSSR count). The molecular formula is C17H21Cl2N5. The largest absolute Gasteiger partial charge is 0.393 e. The Morgan fingerprint density at radius 3 is 2.21 bits per heavy atom. The molecule has 1 fully saturated rings. The highest BCUT2D eigenvalue weighted by Gasteiger charge is 2.15. The topological polar surface area (TPSA) is 75.9 Å². The van der Waals surface area contributed by atoms with Gasteiger partial charge in [-0.1, -0.05) is 48.9 Å². The molecule has 2 aromatic rings. The number of nitrogens with two attached hydrogens (primary N) is 1. The van der Waals surface area contributed by atoms with Crippen LogP contribution in [0.4, 0.5) is 23.0 Å². The molecule has 0 saturated heterocycles. The molecule has 1 aromatic carbocycles. The van der Waals surface area contributed by atoms with Gasteiger partial charge in [-0.15, -0.1) is 0 Å². The standard InChI is InChI=1S/C17H21Cl2N5/c18-11-7-12(19)9-14(8-11)24-17-15(20)16(21-10-22-17)23-13-5-3-1-2-4-6-13/h7-10,13H,1-6,20H2,(H2,21,22,23,24). The Bertz CT molecular complexity index is 679. The van der Waals surface area contributed by atoms with Gasteiger partial charge >= 0.3 is 0 Å². The van der Waals surface area contributed by atoms with Crippen LogP contribution in [0.3, 0.4) is 0 Å². The number of halogens is 2. The lowest BCUT2D eigenvalue weighted by atomic mass is 10.1. The summed E-state index contributed by atoms with van der Waals surface area (Å²) in [5.41, 5.74) is 7.48. The normalized spacial score (nSPS) is 15.8. The SMILES string of the molecule is Nc1c(Nc2cc(Cl)cc(Cl)c2)ncnc1NC1CCCCCC1. The number of anilines is 4. The zero-order valence-electron chi connectivity index (χ0n) is 13.4. The van der Waals surface area contributed by atoms with Crippen molar-refractivity contribution in [2.24, 2.45) is 0 Å². The van der Waals surface area contributed by atoms with E-state index in [1.165, 1.54) is 32.0 Å². The molecule has 0 bridgehead atoms. The molecule has 0 atom stereocenters. The third-order valence-electron chi connectivity index (χ3n) is 4.21. The molecule has 7 heteroatoms. The Morgan fingerprint density at radius 2 is 1.54 bits per heavy atom. The minimum atomic E-state index is 0.415. The van der Waals surface area contributed by atoms with E-state index in [0.717, 1.165) is 18.5 Å². The summed E-state index contributed by atoms with van der Waals surface area (Å²) < 4.78 is 0. The van der Waals surface area contributed by atoms with Gasteiger partial charge in [0.1, 0.15) is 12.0 Å². The predicted octanol–water partition coefficient (Wildman–Crippen LogP) is 5.24. The van der Waals surface area contributed by atoms with E-state index in [-0.39, 0.29) is 0 Å². The number of hydrogen-bond acceptors (Lipinski definition) is 5. The summed E-state index contributed by atoms with van der Waals surface area (Å²) in [5.74, 6) is 1.21. The fraction of sp³-hybridized carbons (Fsp3) is 0.412. The summed E-state index contributed by atoms with van der Waals surface area (Å²) >= 11 is 12.1. The number of rotatable bonds is 4. The van der Waals surface area contributed by atoms with Crippen LogP contribution in [0.15, 0.2) is 24.5 Å². The van der Waals surface area contributed by atoms with Gasteiger partial charge in [-0.2, -0.15) is 0 Å². The lowest BCUT2D eigenvalue weighted by Gasteiger charge is -2.19. The van der Waals surface area contributed by atoms with E-state index in [1.54, 1.807) is 18.2 Å². The fourth-order valence-electron chi connectivity index (χ4n) is 2.99. The van der Waals surface area contributed by atoms with Gasteiger partial charge in [0, 0.05) is 21.8 Å². The zero-order chi connectivity index (χ0) is 16.9. The smallest absolute Gasteiger partial charge is 0.159 e. The average molecular weight is 366 g/mol. The summed E-state index contributed by atoms with van der Waals surface area (Å²) in [5, 5.41) is 7.73. The molecule has 0 unspecified atom stereocenters. The van der Waals surface area contributed by atoms with Crippen LogP contribution in [0.25, 0.3) is 0 Å². The maximum absolute atomic E-state index is 6.25. The number of nitrogen functional groups attached to an aromatic ring is 1. The van der Waals surface area contributed by atoms with E-state index < -0.39 is 0 Å². The first-order valence-corrected chi connectivity index (χ1v) is 8.97. The second-order valence-electron chi connectivity index (χ2n) is 6.10. The first-order chi connectivity index (χ1) is 11.6. The van der Waals surface area contributed by atoms with Crippen molar-refractivity contribution in [3.05, 3.63) is 34.6 Å². The first kappa shape index (κ1) is 17.1. The summed E-state index contributed by atoms with van der Waals surface area (Å²) in [4.78, 5) is 8.53. The van der Waals surface area contributed by atoms with Gasteiger partial charge in [0.2, 0.25) is 0 Å². The quantitative estimate of drug-likeness (QED) is 0.645. The molecule has 1 aliphatic rings. The average Bonchev–Trinajstić information content (AvgIpc) is 2.79. The van der Waals surface area contributed by atoms with Gasteiger partial charge in [0.05, 0.1) is 0 Å². The molecule has 5 nitrogen and oxygen atoms in total. The van der Waals surface area contributed by atoms with Gasteiger partial charge in [-0.3, -0.25) is 0 Å². The highest BCUT2D eigenvalue weighted by Crippen LogP contribution is 2.30. The van der Waals surface area contributed by atoms with Crippen molar-refractivity contribution in [1.29, 1.82) is 0 Å². The van der Waals surface area contributed by atoms with Gasteiger partial charge in [-0.05, 0) is 31.0 Å². The molecular weight excluding hydrogens is 345 g/mol. The van der Waals surface area contributed by atoms with Gasteiger partial charge < -0.3 is 16.4 Å². The summed E-state index contributed by atoms with van der Waals surface area (Å²) in [6.07, 6.45) is 8.90. The van der Waals surface area contributed by atoms with Crippen molar-refractivity contribution in [3.8, 4) is 0 Å². The number of nitrogens with one attached hydrogen (secondary N) is 2. The van der Waals surface area contributed by atoms with E-state index in [0.29, 0.717) is 33.4 Å². The number of aromatic nitrogens is 2. The zero-order valence-corrected chi connectivity index (χ0v) is 14.9. The molecule has 4 N–H and O–H groups in total. The molecule has 1 aromatic heterocycles. The Kier molecular flexibility index (Phi) is 5.63. The van der Waals surface area contributed by atoms with E-state index in [1.807, 2.05) is 0 Å². The van der Waals surface area contributed by atoms with Crippen LogP contribution in [0.1, 0.15) is 38.5 Å². The molecule has 0 radical (unpaired) electrons. The Morgan fingerprint density at radius 1 is 0.917 bits per heavy atom. The minimum Gasteiger partial charge on any atom is -0.393 e. The van der Waals surface area contributed by atoms with Crippen LogP contribution in [0.5, 0.6) is 0 Å². The van der Waals surface area contributed by atoms with Crippen molar-refractivity contribution in [2.75, 3.05) is 16.4 Å². The molecule has 1 aliphatic carbocycles. The van der Waals surface area contributed by atoms with E-state index in [9.17, 15) is 0 Å². The van der Waals surface area contributed by atoms with E-state index >= 15 is 0 Å². The van der Waals surface area contributed by atoms with E-state index in [2.05, 4.69) is 20.6 Å². The van der Waals surface area contributed by atoms with Crippen LogP contribution >= 0.6 is 23.2 Å². The van der Waals surface area contributed by atoms with Crippen molar-refractivity contribution >= 4 is 46.2 Å². The third kappa shape index (κ3) is 4.42. The Balaban J connectivity index is 1.77. The number of nitrogens with zero attached hydrogens (tertiary/aromatic N) is 2. The second kappa shape index (κ2) is 7.90. The Hall–Kier alpha value is -1.72. The predicted molar refractivity (Wildman–Crippen MR) is 101 cm³/mol. The molecule has 0 aliphatic heterocycles. The lowest BCUT2D eigenvalue weighted by Crippen LogP contribution is -2.20. The summed E-state index contributed by atoms with van der Waals surface area (Å²) in [6.45, 7) is 0. The maximum Gasteiger partial charge on any atom is 0.159 e. The van der Waals surface area contributed by atoms with Gasteiger partial charge in [-0.25, -0.2) is 9.97 Å². The van der Waals surface area contributed by atoms with Crippen molar-refractivity contribution in [2.45, 2.75) is 44.6 Å². The van der Waals surface area contributed by atoms with Crippen LogP contribution in [0.2, 0.25) is 10.0 Å². The number of hydrogen-bond donors (Lipinski definition) is 3. The molecule has 128 valence electrons. The molecule has 0 amide bonds. The third-order valence-corrected chi connectivity index (χ3v) is 4.64. The summed E-state index contributed by atoms with van der Waals surface area (Å²) in [6, 6.07) is 5.63. The highest BCUT2D eigenvalue weighted by molar-refractivity contribution is 6.35. The van der Waals surface area contributed by atoms with Crippen molar-refractivity contribution in [3.63, 3.8) is 0 Å². The van der Waals surface area contributed by atoms with E-state index in [4.69, 9.17) is 28.9 Å². The van der Waals surface area contributed by atoms with Crippen LogP contribution < -0.4 is 16.4 Å². The van der Waals surface area contributed by atoms with Gasteiger partial charge in [0.25, 0.3) is 0 Å². The fourth-order valence-corrected chi connectivity index (χ4v) is 3.52. The van der Waals surface area contributed by atoms with Crippen LogP contribution in [-0.4, -0.2) is 16.0 Å². The molecule has 1 heterocycles. The first-order valence-electron chi connectivity index (χ1n) is 8.22. The van der Waals surface area contributed by atoms with Gasteiger partial charge in [0.15, 0.2) is 11.6 Å².